The first-order chi connectivity index (χ1) is 9.60. The number of aryl methyl sites for hydroxylation is 1. The Bertz CT molecular complexity index is 504. The molecule has 6 heteroatoms. The molecule has 0 saturated heterocycles. The lowest BCUT2D eigenvalue weighted by atomic mass is 10.0. The molecule has 0 heterocycles. The van der Waals surface area contributed by atoms with Crippen molar-refractivity contribution < 1.29 is 24.5 Å². The third-order valence-corrected chi connectivity index (χ3v) is 2.68. The van der Waals surface area contributed by atoms with Gasteiger partial charge < -0.3 is 20.3 Å². The van der Waals surface area contributed by atoms with Crippen LogP contribution in [-0.2, 0) is 9.53 Å². The molecule has 116 valence electrons. The van der Waals surface area contributed by atoms with Crippen molar-refractivity contribution in [3.05, 3.63) is 35.4 Å². The van der Waals surface area contributed by atoms with Crippen LogP contribution in [0.15, 0.2) is 24.3 Å². The Morgan fingerprint density at radius 3 is 2.14 bits per heavy atom. The Hall–Kier alpha value is -2.08. The van der Waals surface area contributed by atoms with Gasteiger partial charge in [0.1, 0.15) is 5.60 Å². The van der Waals surface area contributed by atoms with Gasteiger partial charge >= 0.3 is 12.1 Å². The molecule has 21 heavy (non-hydrogen) atoms. The van der Waals surface area contributed by atoms with E-state index in [2.05, 4.69) is 5.32 Å². The number of aliphatic hydroxyl groups is 1. The first-order valence-electron chi connectivity index (χ1n) is 6.57. The Kier molecular flexibility index (Phi) is 5.32. The lowest BCUT2D eigenvalue weighted by Crippen LogP contribution is -2.42. The molecule has 0 aromatic heterocycles. The molecule has 1 aromatic carbocycles. The number of carboxylic acids is 1. The number of alkyl carbamates (subject to hydrolysis) is 1. The number of amides is 1. The number of rotatable bonds is 4. The van der Waals surface area contributed by atoms with Gasteiger partial charge in [0, 0.05) is 0 Å². The summed E-state index contributed by atoms with van der Waals surface area (Å²) < 4.78 is 5.09. The van der Waals surface area contributed by atoms with Crippen LogP contribution < -0.4 is 5.32 Å². The van der Waals surface area contributed by atoms with Crippen molar-refractivity contribution in [3.8, 4) is 0 Å². The maximum atomic E-state index is 11.8. The molecule has 0 aliphatic heterocycles. The van der Waals surface area contributed by atoms with Crippen LogP contribution in [0.25, 0.3) is 0 Å². The van der Waals surface area contributed by atoms with Crippen LogP contribution in [-0.4, -0.2) is 34.0 Å². The lowest BCUT2D eigenvalue weighted by molar-refractivity contribution is -0.148. The van der Waals surface area contributed by atoms with Crippen molar-refractivity contribution >= 4 is 12.1 Å². The van der Waals surface area contributed by atoms with Crippen LogP contribution in [0.5, 0.6) is 0 Å². The minimum Gasteiger partial charge on any atom is -0.479 e. The fourth-order valence-corrected chi connectivity index (χ4v) is 1.70. The van der Waals surface area contributed by atoms with Gasteiger partial charge in [-0.1, -0.05) is 29.8 Å². The predicted molar refractivity (Wildman–Crippen MR) is 76.9 cm³/mol. The minimum atomic E-state index is -1.76. The summed E-state index contributed by atoms with van der Waals surface area (Å²) in [6.07, 6.45) is -2.55. The Morgan fingerprint density at radius 1 is 1.19 bits per heavy atom. The highest BCUT2D eigenvalue weighted by molar-refractivity contribution is 5.75. The Labute approximate surface area is 123 Å². The van der Waals surface area contributed by atoms with Gasteiger partial charge in [-0.05, 0) is 33.3 Å². The molecule has 6 nitrogen and oxygen atoms in total. The van der Waals surface area contributed by atoms with Gasteiger partial charge in [0.05, 0.1) is 6.04 Å². The highest BCUT2D eigenvalue weighted by Gasteiger charge is 2.30. The normalized spacial score (nSPS) is 14.1. The lowest BCUT2D eigenvalue weighted by Gasteiger charge is -2.25. The van der Waals surface area contributed by atoms with Crippen molar-refractivity contribution in [1.82, 2.24) is 5.32 Å². The van der Waals surface area contributed by atoms with E-state index in [0.717, 1.165) is 5.56 Å². The van der Waals surface area contributed by atoms with Crippen LogP contribution in [0.4, 0.5) is 4.79 Å². The average Bonchev–Trinajstić information content (AvgIpc) is 2.34. The molecule has 1 rings (SSSR count). The molecule has 3 N–H and O–H groups in total. The van der Waals surface area contributed by atoms with Gasteiger partial charge in [0.25, 0.3) is 0 Å². The van der Waals surface area contributed by atoms with Crippen LogP contribution in [0, 0.1) is 6.92 Å². The smallest absolute Gasteiger partial charge is 0.408 e. The molecule has 0 bridgehead atoms. The Balaban J connectivity index is 2.95. The zero-order valence-electron chi connectivity index (χ0n) is 12.6. The van der Waals surface area contributed by atoms with Crippen LogP contribution in [0.2, 0.25) is 0 Å². The first kappa shape index (κ1) is 17.0. The summed E-state index contributed by atoms with van der Waals surface area (Å²) in [5, 5.41) is 21.2. The second-order valence-electron chi connectivity index (χ2n) is 5.82. The molecule has 1 amide bonds. The maximum Gasteiger partial charge on any atom is 0.408 e. The highest BCUT2D eigenvalue weighted by Crippen LogP contribution is 2.19. The molecule has 0 aliphatic carbocycles. The van der Waals surface area contributed by atoms with Crippen molar-refractivity contribution in [2.24, 2.45) is 0 Å². The van der Waals surface area contributed by atoms with Crippen LogP contribution >= 0.6 is 0 Å². The molecular formula is C15H21NO5. The van der Waals surface area contributed by atoms with E-state index in [-0.39, 0.29) is 0 Å². The largest absolute Gasteiger partial charge is 0.479 e. The second kappa shape index (κ2) is 6.58. The maximum absolute atomic E-state index is 11.8. The Morgan fingerprint density at radius 2 is 1.71 bits per heavy atom. The average molecular weight is 295 g/mol. The predicted octanol–water partition coefficient (Wildman–Crippen LogP) is 2.01. The number of aliphatic carboxylic acids is 1. The molecule has 1 aromatic rings. The summed E-state index contributed by atoms with van der Waals surface area (Å²) in [7, 11) is 0. The molecular weight excluding hydrogens is 274 g/mol. The molecule has 0 saturated carbocycles. The van der Waals surface area contributed by atoms with E-state index in [9.17, 15) is 14.7 Å². The first-order valence-corrected chi connectivity index (χ1v) is 6.57. The monoisotopic (exact) mass is 295 g/mol. The molecule has 0 radical (unpaired) electrons. The van der Waals surface area contributed by atoms with Crippen molar-refractivity contribution in [3.63, 3.8) is 0 Å². The van der Waals surface area contributed by atoms with E-state index in [0.29, 0.717) is 5.56 Å². The summed E-state index contributed by atoms with van der Waals surface area (Å²) in [5.41, 5.74) is 0.761. The number of carbonyl (C=O) groups excluding carboxylic acids is 1. The van der Waals surface area contributed by atoms with E-state index in [1.54, 1.807) is 45.0 Å². The summed E-state index contributed by atoms with van der Waals surface area (Å²) >= 11 is 0. The molecule has 0 aliphatic rings. The van der Waals surface area contributed by atoms with E-state index in [1.807, 2.05) is 6.92 Å². The SMILES string of the molecule is Cc1ccc(C(NC(=O)OC(C)(C)C)C(O)C(=O)O)cc1. The third-order valence-electron chi connectivity index (χ3n) is 2.68. The third kappa shape index (κ3) is 5.43. The van der Waals surface area contributed by atoms with Gasteiger partial charge in [-0.25, -0.2) is 9.59 Å². The summed E-state index contributed by atoms with van der Waals surface area (Å²) in [4.78, 5) is 22.8. The van der Waals surface area contributed by atoms with Crippen LogP contribution in [0.3, 0.4) is 0 Å². The number of nitrogens with one attached hydrogen (secondary N) is 1. The number of hydrogen-bond acceptors (Lipinski definition) is 4. The molecule has 2 atom stereocenters. The molecule has 0 fully saturated rings. The zero-order chi connectivity index (χ0) is 16.2. The molecule has 2 unspecified atom stereocenters. The topological polar surface area (TPSA) is 95.9 Å². The second-order valence-corrected chi connectivity index (χ2v) is 5.82. The number of carbonyl (C=O) groups is 2. The summed E-state index contributed by atoms with van der Waals surface area (Å²) in [6.45, 7) is 6.97. The fraction of sp³-hybridized carbons (Fsp3) is 0.467. The van der Waals surface area contributed by atoms with Gasteiger partial charge in [-0.15, -0.1) is 0 Å². The quantitative estimate of drug-likeness (QED) is 0.789. The molecule has 0 spiro atoms. The van der Waals surface area contributed by atoms with Crippen LogP contribution in [0.1, 0.15) is 37.9 Å². The van der Waals surface area contributed by atoms with E-state index in [1.165, 1.54) is 0 Å². The number of aliphatic hydroxyl groups excluding tert-OH is 1. The van der Waals surface area contributed by atoms with Gasteiger partial charge in [-0.3, -0.25) is 0 Å². The highest BCUT2D eigenvalue weighted by atomic mass is 16.6. The summed E-state index contributed by atoms with van der Waals surface area (Å²) in [6, 6.07) is 5.77. The standard InChI is InChI=1S/C15H21NO5/c1-9-5-7-10(8-6-9)11(12(17)13(18)19)16-14(20)21-15(2,3)4/h5-8,11-12,17H,1-4H3,(H,16,20)(H,18,19). The van der Waals surface area contributed by atoms with Crippen molar-refractivity contribution in [2.75, 3.05) is 0 Å². The number of ether oxygens (including phenoxy) is 1. The number of carboxylic acid groups (broad SMARTS) is 1. The van der Waals surface area contributed by atoms with Gasteiger partial charge in [-0.2, -0.15) is 0 Å². The minimum absolute atomic E-state index is 0.487. The van der Waals surface area contributed by atoms with E-state index < -0.39 is 29.8 Å². The van der Waals surface area contributed by atoms with E-state index >= 15 is 0 Å². The van der Waals surface area contributed by atoms with Gasteiger partial charge in [0.2, 0.25) is 0 Å². The number of benzene rings is 1. The van der Waals surface area contributed by atoms with Crippen molar-refractivity contribution in [1.29, 1.82) is 0 Å². The van der Waals surface area contributed by atoms with Crippen molar-refractivity contribution in [2.45, 2.75) is 45.4 Å². The summed E-state index contributed by atoms with van der Waals surface area (Å²) in [5.74, 6) is -1.42. The van der Waals surface area contributed by atoms with Gasteiger partial charge in [0.15, 0.2) is 6.10 Å². The number of hydrogen-bond donors (Lipinski definition) is 3. The fourth-order valence-electron chi connectivity index (χ4n) is 1.70. The zero-order valence-corrected chi connectivity index (χ0v) is 12.6. The van der Waals surface area contributed by atoms with E-state index in [4.69, 9.17) is 9.84 Å².